The topological polar surface area (TPSA) is 45.7 Å². The van der Waals surface area contributed by atoms with E-state index in [4.69, 9.17) is 9.72 Å². The summed E-state index contributed by atoms with van der Waals surface area (Å²) in [6, 6.07) is 7.90. The largest absolute Gasteiger partial charge is 0.497 e. The van der Waals surface area contributed by atoms with Gasteiger partial charge in [-0.1, -0.05) is 19.3 Å². The van der Waals surface area contributed by atoms with Crippen LogP contribution in [0.4, 0.5) is 5.13 Å². The van der Waals surface area contributed by atoms with E-state index in [2.05, 4.69) is 19.0 Å². The second-order valence-corrected chi connectivity index (χ2v) is 8.56. The number of amides is 1. The zero-order chi connectivity index (χ0) is 19.9. The van der Waals surface area contributed by atoms with Gasteiger partial charge in [0.25, 0.3) is 0 Å². The normalized spacial score (nSPS) is 15.0. The Hall–Kier alpha value is -1.92. The van der Waals surface area contributed by atoms with Crippen molar-refractivity contribution in [2.45, 2.75) is 38.5 Å². The smallest absolute Gasteiger partial charge is 0.231 e. The predicted molar refractivity (Wildman–Crippen MR) is 116 cm³/mol. The summed E-state index contributed by atoms with van der Waals surface area (Å²) in [5.41, 5.74) is 1.96. The summed E-state index contributed by atoms with van der Waals surface area (Å²) in [5.74, 6) is 1.24. The number of carbonyl (C=O) groups is 1. The third kappa shape index (κ3) is 5.32. The SMILES string of the molecule is COc1ccc(-c2csc(N(CCCN(C)C)C(=O)C3CCCCC3)n2)cc1. The molecule has 0 saturated heterocycles. The molecule has 1 aromatic carbocycles. The fraction of sp³-hybridized carbons (Fsp3) is 0.545. The van der Waals surface area contributed by atoms with E-state index >= 15 is 0 Å². The molecule has 1 amide bonds. The van der Waals surface area contributed by atoms with Crippen molar-refractivity contribution < 1.29 is 9.53 Å². The molecule has 0 aliphatic heterocycles. The van der Waals surface area contributed by atoms with Gasteiger partial charge in [0.05, 0.1) is 12.8 Å². The lowest BCUT2D eigenvalue weighted by Gasteiger charge is -2.28. The molecule has 1 fully saturated rings. The Morgan fingerprint density at radius 3 is 2.50 bits per heavy atom. The molecule has 1 aromatic heterocycles. The highest BCUT2D eigenvalue weighted by atomic mass is 32.1. The number of ether oxygens (including phenoxy) is 1. The van der Waals surface area contributed by atoms with Crippen molar-refractivity contribution in [3.8, 4) is 17.0 Å². The zero-order valence-electron chi connectivity index (χ0n) is 17.2. The van der Waals surface area contributed by atoms with Crippen LogP contribution in [-0.4, -0.2) is 50.1 Å². The fourth-order valence-electron chi connectivity index (χ4n) is 3.70. The fourth-order valence-corrected chi connectivity index (χ4v) is 4.56. The molecule has 2 aromatic rings. The van der Waals surface area contributed by atoms with Gasteiger partial charge in [0.1, 0.15) is 5.75 Å². The Morgan fingerprint density at radius 1 is 1.14 bits per heavy atom. The summed E-state index contributed by atoms with van der Waals surface area (Å²) in [5, 5.41) is 2.87. The minimum atomic E-state index is 0.154. The predicted octanol–water partition coefficient (Wildman–Crippen LogP) is 4.68. The molecule has 5 nitrogen and oxygen atoms in total. The van der Waals surface area contributed by atoms with Gasteiger partial charge < -0.3 is 9.64 Å². The molecule has 0 atom stereocenters. The average Bonchev–Trinajstić information content (AvgIpc) is 3.21. The summed E-state index contributed by atoms with van der Waals surface area (Å²) in [4.78, 5) is 22.2. The molecule has 0 bridgehead atoms. The standard InChI is InChI=1S/C22H31N3O2S/c1-24(2)14-7-15-25(21(26)18-8-5-4-6-9-18)22-23-20(16-28-22)17-10-12-19(27-3)13-11-17/h10-13,16,18H,4-9,14-15H2,1-3H3. The van der Waals surface area contributed by atoms with Gasteiger partial charge in [-0.15, -0.1) is 11.3 Å². The number of benzene rings is 1. The molecule has 0 spiro atoms. The lowest BCUT2D eigenvalue weighted by atomic mass is 9.88. The van der Waals surface area contributed by atoms with Crippen LogP contribution in [0.25, 0.3) is 11.3 Å². The number of methoxy groups -OCH3 is 1. The van der Waals surface area contributed by atoms with Crippen LogP contribution in [0, 0.1) is 5.92 Å². The summed E-state index contributed by atoms with van der Waals surface area (Å²) in [6.07, 6.45) is 6.56. The Labute approximate surface area is 172 Å². The van der Waals surface area contributed by atoms with Crippen molar-refractivity contribution >= 4 is 22.4 Å². The van der Waals surface area contributed by atoms with Gasteiger partial charge in [-0.25, -0.2) is 4.98 Å². The molecule has 0 N–H and O–H groups in total. The van der Waals surface area contributed by atoms with Crippen LogP contribution in [0.15, 0.2) is 29.6 Å². The maximum Gasteiger partial charge on any atom is 0.231 e. The maximum atomic E-state index is 13.3. The molecule has 1 aliphatic rings. The van der Waals surface area contributed by atoms with E-state index in [1.807, 2.05) is 34.5 Å². The lowest BCUT2D eigenvalue weighted by molar-refractivity contribution is -0.123. The van der Waals surface area contributed by atoms with Crippen molar-refractivity contribution in [3.05, 3.63) is 29.6 Å². The molecule has 0 unspecified atom stereocenters. The number of hydrogen-bond donors (Lipinski definition) is 0. The molecular formula is C22H31N3O2S. The van der Waals surface area contributed by atoms with Crippen LogP contribution in [-0.2, 0) is 4.79 Å². The summed E-state index contributed by atoms with van der Waals surface area (Å²) in [7, 11) is 5.80. The molecule has 0 radical (unpaired) electrons. The molecule has 1 saturated carbocycles. The summed E-state index contributed by atoms with van der Waals surface area (Å²) >= 11 is 1.56. The van der Waals surface area contributed by atoms with E-state index in [0.29, 0.717) is 0 Å². The van der Waals surface area contributed by atoms with Crippen LogP contribution in [0.5, 0.6) is 5.75 Å². The highest BCUT2D eigenvalue weighted by Gasteiger charge is 2.28. The van der Waals surface area contributed by atoms with Crippen molar-refractivity contribution in [1.29, 1.82) is 0 Å². The highest BCUT2D eigenvalue weighted by molar-refractivity contribution is 7.14. The van der Waals surface area contributed by atoms with Crippen LogP contribution in [0.3, 0.4) is 0 Å². The minimum Gasteiger partial charge on any atom is -0.497 e. The monoisotopic (exact) mass is 401 g/mol. The van der Waals surface area contributed by atoms with Gasteiger partial charge in [-0.2, -0.15) is 0 Å². The maximum absolute atomic E-state index is 13.3. The number of thiazole rings is 1. The molecule has 3 rings (SSSR count). The van der Waals surface area contributed by atoms with E-state index in [1.54, 1.807) is 18.4 Å². The number of nitrogens with zero attached hydrogens (tertiary/aromatic N) is 3. The van der Waals surface area contributed by atoms with Crippen molar-refractivity contribution in [3.63, 3.8) is 0 Å². The van der Waals surface area contributed by atoms with E-state index < -0.39 is 0 Å². The third-order valence-electron chi connectivity index (χ3n) is 5.32. The van der Waals surface area contributed by atoms with Crippen molar-refractivity contribution in [1.82, 2.24) is 9.88 Å². The number of rotatable bonds is 8. The summed E-state index contributed by atoms with van der Waals surface area (Å²) in [6.45, 7) is 1.69. The van der Waals surface area contributed by atoms with Crippen molar-refractivity contribution in [2.75, 3.05) is 39.2 Å². The lowest BCUT2D eigenvalue weighted by Crippen LogP contribution is -2.38. The molecule has 1 heterocycles. The van der Waals surface area contributed by atoms with Gasteiger partial charge in [-0.3, -0.25) is 9.69 Å². The zero-order valence-corrected chi connectivity index (χ0v) is 18.0. The van der Waals surface area contributed by atoms with Gasteiger partial charge in [0.15, 0.2) is 5.13 Å². The average molecular weight is 402 g/mol. The second kappa shape index (κ2) is 10.0. The van der Waals surface area contributed by atoms with Gasteiger partial charge in [0, 0.05) is 23.4 Å². The first kappa shape index (κ1) is 20.8. The van der Waals surface area contributed by atoms with Crippen LogP contribution in [0.2, 0.25) is 0 Å². The van der Waals surface area contributed by atoms with E-state index in [0.717, 1.165) is 67.3 Å². The minimum absolute atomic E-state index is 0.154. The Balaban J connectivity index is 1.78. The third-order valence-corrected chi connectivity index (χ3v) is 6.18. The first-order valence-corrected chi connectivity index (χ1v) is 11.0. The van der Waals surface area contributed by atoms with E-state index in [1.165, 1.54) is 6.42 Å². The molecular weight excluding hydrogens is 370 g/mol. The van der Waals surface area contributed by atoms with Crippen LogP contribution in [0.1, 0.15) is 38.5 Å². The molecule has 6 heteroatoms. The van der Waals surface area contributed by atoms with Crippen LogP contribution < -0.4 is 9.64 Å². The quantitative estimate of drug-likeness (QED) is 0.644. The Kier molecular flexibility index (Phi) is 7.45. The first-order chi connectivity index (χ1) is 13.6. The van der Waals surface area contributed by atoms with E-state index in [-0.39, 0.29) is 11.8 Å². The Bertz CT molecular complexity index is 751. The van der Waals surface area contributed by atoms with Gasteiger partial charge >= 0.3 is 0 Å². The van der Waals surface area contributed by atoms with E-state index in [9.17, 15) is 4.79 Å². The Morgan fingerprint density at radius 2 is 1.86 bits per heavy atom. The number of hydrogen-bond acceptors (Lipinski definition) is 5. The van der Waals surface area contributed by atoms with Crippen molar-refractivity contribution in [2.24, 2.45) is 5.92 Å². The second-order valence-electron chi connectivity index (χ2n) is 7.73. The molecule has 28 heavy (non-hydrogen) atoms. The van der Waals surface area contributed by atoms with Crippen LogP contribution >= 0.6 is 11.3 Å². The van der Waals surface area contributed by atoms with Gasteiger partial charge in [-0.05, 0) is 64.2 Å². The highest BCUT2D eigenvalue weighted by Crippen LogP contribution is 2.32. The molecule has 1 aliphatic carbocycles. The van der Waals surface area contributed by atoms with Gasteiger partial charge in [0.2, 0.25) is 5.91 Å². The first-order valence-electron chi connectivity index (χ1n) is 10.1. The number of aromatic nitrogens is 1. The number of anilines is 1. The number of carbonyl (C=O) groups excluding carboxylic acids is 1. The summed E-state index contributed by atoms with van der Waals surface area (Å²) < 4.78 is 5.24. The molecule has 152 valence electrons.